The highest BCUT2D eigenvalue weighted by Gasteiger charge is 2.58. The molecule has 0 heterocycles. The zero-order valence-electron chi connectivity index (χ0n) is 8.15. The summed E-state index contributed by atoms with van der Waals surface area (Å²) in [6, 6.07) is 0. The minimum Gasteiger partial charge on any atom is -0.381 e. The lowest BCUT2D eigenvalue weighted by Crippen LogP contribution is -2.56. The van der Waals surface area contributed by atoms with Crippen LogP contribution in [0.15, 0.2) is 0 Å². The van der Waals surface area contributed by atoms with Gasteiger partial charge in [0.15, 0.2) is 6.61 Å². The van der Waals surface area contributed by atoms with Gasteiger partial charge >= 0.3 is 4.57 Å². The van der Waals surface area contributed by atoms with Crippen molar-refractivity contribution in [1.82, 2.24) is 5.43 Å². The maximum atomic E-state index is 11.3. The predicted octanol–water partition coefficient (Wildman–Crippen LogP) is 0.386. The van der Waals surface area contributed by atoms with Gasteiger partial charge in [-0.05, 0) is 20.8 Å². The average molecular weight is 271 g/mol. The summed E-state index contributed by atoms with van der Waals surface area (Å²) in [7, 11) is 0. The van der Waals surface area contributed by atoms with E-state index >= 15 is 0 Å². The van der Waals surface area contributed by atoms with E-state index in [4.69, 9.17) is 5.11 Å². The van der Waals surface area contributed by atoms with E-state index < -0.39 is 21.6 Å². The van der Waals surface area contributed by atoms with Crippen LogP contribution in [0.4, 0.5) is 0 Å². The van der Waals surface area contributed by atoms with Crippen molar-refractivity contribution in [3.63, 3.8) is 0 Å². The molecule has 0 rings (SSSR count). The summed E-state index contributed by atoms with van der Waals surface area (Å²) in [6.07, 6.45) is 0. The molecule has 0 radical (unpaired) electrons. The minimum atomic E-state index is -2.24. The Labute approximate surface area is 89.3 Å². The molecule has 0 amide bonds. The fraction of sp³-hybridized carbons (Fsp3) is 1.00. The van der Waals surface area contributed by atoms with Crippen LogP contribution >= 0.6 is 15.9 Å². The SMILES string of the molecule is CC(C)(C)N[N+](=O)[C@@](Br)(CO)[N+](=O)[O-]. The van der Waals surface area contributed by atoms with E-state index in [-0.39, 0.29) is 4.87 Å². The molecular weight excluding hydrogens is 258 g/mol. The number of rotatable bonds is 4. The highest BCUT2D eigenvalue weighted by atomic mass is 79.9. The zero-order valence-corrected chi connectivity index (χ0v) is 9.74. The number of nitrogens with zero attached hydrogens (tertiary/aromatic N) is 2. The summed E-state index contributed by atoms with van der Waals surface area (Å²) in [4.78, 5) is 20.9. The van der Waals surface area contributed by atoms with Crippen LogP contribution in [0.25, 0.3) is 0 Å². The molecule has 0 saturated carbocycles. The molecule has 0 aromatic carbocycles. The van der Waals surface area contributed by atoms with Crippen molar-refractivity contribution in [3.05, 3.63) is 15.0 Å². The van der Waals surface area contributed by atoms with Crippen LogP contribution in [0.2, 0.25) is 0 Å². The van der Waals surface area contributed by atoms with E-state index in [0.29, 0.717) is 0 Å². The van der Waals surface area contributed by atoms with Gasteiger partial charge in [0.05, 0.1) is 26.4 Å². The first-order chi connectivity index (χ1) is 6.13. The van der Waals surface area contributed by atoms with Crippen molar-refractivity contribution in [1.29, 1.82) is 0 Å². The fourth-order valence-corrected chi connectivity index (χ4v) is 0.675. The molecule has 0 aromatic rings. The number of nitrogens with one attached hydrogen (secondary N) is 1. The third-order valence-corrected chi connectivity index (χ3v) is 2.09. The topological polar surface area (TPSA) is 95.5 Å². The Balaban J connectivity index is 4.73. The van der Waals surface area contributed by atoms with Crippen LogP contribution in [0.1, 0.15) is 20.8 Å². The molecule has 0 saturated heterocycles. The minimum absolute atomic E-state index is 0.00694. The fourth-order valence-electron chi connectivity index (χ4n) is 0.586. The van der Waals surface area contributed by atoms with E-state index in [1.165, 1.54) is 0 Å². The molecule has 0 aliphatic rings. The summed E-state index contributed by atoms with van der Waals surface area (Å²) in [5, 5.41) is 19.2. The molecular formula is C6H13BrN3O4+. The monoisotopic (exact) mass is 270 g/mol. The van der Waals surface area contributed by atoms with Gasteiger partial charge in [0.2, 0.25) is 4.87 Å². The first kappa shape index (κ1) is 13.2. The number of nitro groups is 1. The standard InChI is InChI=1S/C6H13BrN3O4/c1-5(2,3)8-9(12)6(7,4-11)10(13)14/h11H,4H2,1-3H3,(H,8,12)/q+1/t6-/m0/s1. The van der Waals surface area contributed by atoms with Gasteiger partial charge < -0.3 is 5.11 Å². The Morgan fingerprint density at radius 2 is 1.86 bits per heavy atom. The molecule has 1 atom stereocenters. The maximum absolute atomic E-state index is 11.3. The van der Waals surface area contributed by atoms with Gasteiger partial charge in [-0.15, -0.1) is 5.43 Å². The molecule has 0 unspecified atom stereocenters. The van der Waals surface area contributed by atoms with Crippen molar-refractivity contribution in [2.45, 2.75) is 30.9 Å². The summed E-state index contributed by atoms with van der Waals surface area (Å²) < 4.78 is -2.24. The Kier molecular flexibility index (Phi) is 3.95. The van der Waals surface area contributed by atoms with Crippen LogP contribution in [0, 0.1) is 15.0 Å². The second kappa shape index (κ2) is 4.18. The second-order valence-electron chi connectivity index (χ2n) is 3.79. The molecule has 0 aliphatic heterocycles. The molecule has 0 aliphatic carbocycles. The van der Waals surface area contributed by atoms with Gasteiger partial charge in [-0.2, -0.15) is 0 Å². The number of hydrazine groups is 1. The number of hydrogen-bond acceptors (Lipinski definition) is 4. The maximum Gasteiger partial charge on any atom is 0.551 e. The van der Waals surface area contributed by atoms with E-state index in [1.807, 2.05) is 0 Å². The summed E-state index contributed by atoms with van der Waals surface area (Å²) >= 11 is 2.57. The average Bonchev–Trinajstić information content (AvgIpc) is 1.99. The van der Waals surface area contributed by atoms with Crippen LogP contribution in [-0.2, 0) is 0 Å². The van der Waals surface area contributed by atoms with Crippen LogP contribution in [0.5, 0.6) is 0 Å². The van der Waals surface area contributed by atoms with Gasteiger partial charge in [-0.1, -0.05) is 0 Å². The molecule has 82 valence electrons. The highest BCUT2D eigenvalue weighted by molar-refractivity contribution is 9.09. The van der Waals surface area contributed by atoms with Gasteiger partial charge in [-0.25, -0.2) is 0 Å². The second-order valence-corrected chi connectivity index (χ2v) is 5.06. The lowest BCUT2D eigenvalue weighted by molar-refractivity contribution is -0.819. The van der Waals surface area contributed by atoms with Crippen LogP contribution < -0.4 is 5.43 Å². The van der Waals surface area contributed by atoms with Crippen molar-refractivity contribution in [2.75, 3.05) is 6.61 Å². The molecule has 0 spiro atoms. The molecule has 0 aromatic heterocycles. The number of aliphatic hydroxyl groups excluding tert-OH is 1. The number of hydrogen-bond donors (Lipinski definition) is 2. The van der Waals surface area contributed by atoms with Gasteiger partial charge in [0.1, 0.15) is 4.92 Å². The van der Waals surface area contributed by atoms with E-state index in [1.54, 1.807) is 20.8 Å². The molecule has 7 nitrogen and oxygen atoms in total. The molecule has 8 heteroatoms. The van der Waals surface area contributed by atoms with Crippen molar-refractivity contribution >= 4 is 15.9 Å². The third kappa shape index (κ3) is 3.18. The molecule has 2 N–H and O–H groups in total. The predicted molar refractivity (Wildman–Crippen MR) is 52.3 cm³/mol. The van der Waals surface area contributed by atoms with Gasteiger partial charge in [-0.3, -0.25) is 10.1 Å². The molecule has 0 bridgehead atoms. The normalized spacial score (nSPS) is 15.8. The van der Waals surface area contributed by atoms with Gasteiger partial charge in [0.25, 0.3) is 0 Å². The Hall–Kier alpha value is -0.760. The summed E-state index contributed by atoms with van der Waals surface area (Å²) in [5.41, 5.74) is 1.70. The number of halogens is 1. The number of alkyl halides is 1. The van der Waals surface area contributed by atoms with E-state index in [2.05, 4.69) is 21.4 Å². The van der Waals surface area contributed by atoms with Crippen molar-refractivity contribution in [2.24, 2.45) is 0 Å². The zero-order chi connectivity index (χ0) is 11.6. The Morgan fingerprint density at radius 1 is 1.43 bits per heavy atom. The highest BCUT2D eigenvalue weighted by Crippen LogP contribution is 2.19. The van der Waals surface area contributed by atoms with Gasteiger partial charge in [0, 0.05) is 0 Å². The number of nitroso groups, excluding NO2 is 1. The third-order valence-electron chi connectivity index (χ3n) is 1.23. The van der Waals surface area contributed by atoms with Crippen molar-refractivity contribution in [3.8, 4) is 0 Å². The van der Waals surface area contributed by atoms with E-state index in [9.17, 15) is 15.0 Å². The van der Waals surface area contributed by atoms with Crippen LogP contribution in [0.3, 0.4) is 0 Å². The summed E-state index contributed by atoms with van der Waals surface area (Å²) in [5.74, 6) is 0. The molecule has 14 heavy (non-hydrogen) atoms. The van der Waals surface area contributed by atoms with Crippen LogP contribution in [-0.4, -0.2) is 31.6 Å². The Morgan fingerprint density at radius 3 is 2.07 bits per heavy atom. The smallest absolute Gasteiger partial charge is 0.381 e. The van der Waals surface area contributed by atoms with E-state index in [0.717, 1.165) is 0 Å². The lowest BCUT2D eigenvalue weighted by atomic mass is 10.1. The first-order valence-corrected chi connectivity index (χ1v) is 4.62. The first-order valence-electron chi connectivity index (χ1n) is 3.83. The summed E-state index contributed by atoms with van der Waals surface area (Å²) in [6.45, 7) is 4.07. The lowest BCUT2D eigenvalue weighted by Gasteiger charge is -2.16. The molecule has 0 fully saturated rings. The van der Waals surface area contributed by atoms with Crippen molar-refractivity contribution < 1.29 is 14.9 Å². The Bertz CT molecular complexity index is 252. The number of aliphatic hydroxyl groups is 1. The quantitative estimate of drug-likeness (QED) is 0.192. The largest absolute Gasteiger partial charge is 0.551 e.